The fourth-order valence-corrected chi connectivity index (χ4v) is 2.75. The van der Waals surface area contributed by atoms with E-state index in [1.165, 1.54) is 0 Å². The third kappa shape index (κ3) is 4.15. The van der Waals surface area contributed by atoms with Gasteiger partial charge in [0, 0.05) is 13.1 Å². The number of anilines is 1. The molecule has 1 fully saturated rings. The number of carbonyl (C=O) groups excluding carboxylic acids is 1. The predicted octanol–water partition coefficient (Wildman–Crippen LogP) is 3.42. The lowest BCUT2D eigenvalue weighted by Gasteiger charge is -2.34. The lowest BCUT2D eigenvalue weighted by molar-refractivity contribution is -0.143. The molecule has 0 spiro atoms. The number of amides is 2. The number of piperidine rings is 1. The molecule has 0 aliphatic carbocycles. The molecule has 1 aromatic carbocycles. The average molecular weight is 348 g/mol. The molecule has 0 radical (unpaired) electrons. The summed E-state index contributed by atoms with van der Waals surface area (Å²) in [6.45, 7) is 1.90. The Morgan fingerprint density at radius 3 is 2.54 bits per heavy atom. The van der Waals surface area contributed by atoms with Crippen LogP contribution in [0.1, 0.15) is 18.9 Å². The van der Waals surface area contributed by atoms with E-state index in [9.17, 15) is 27.2 Å². The van der Waals surface area contributed by atoms with Crippen LogP contribution >= 0.6 is 0 Å². The van der Waals surface area contributed by atoms with Crippen molar-refractivity contribution < 1.29 is 32.3 Å². The van der Waals surface area contributed by atoms with E-state index in [-0.39, 0.29) is 19.0 Å². The summed E-state index contributed by atoms with van der Waals surface area (Å²) in [5.41, 5.74) is -1.87. The molecule has 1 saturated heterocycles. The third-order valence-electron chi connectivity index (χ3n) is 3.82. The highest BCUT2D eigenvalue weighted by molar-refractivity contribution is 5.90. The van der Waals surface area contributed by atoms with Gasteiger partial charge < -0.3 is 15.3 Å². The minimum absolute atomic E-state index is 0.0892. The van der Waals surface area contributed by atoms with Crippen LogP contribution in [-0.2, 0) is 11.0 Å². The Labute approximate surface area is 135 Å². The number of carbonyl (C=O) groups is 2. The van der Waals surface area contributed by atoms with Crippen LogP contribution in [-0.4, -0.2) is 35.1 Å². The van der Waals surface area contributed by atoms with E-state index >= 15 is 0 Å². The molecule has 1 aromatic rings. The molecule has 2 amide bonds. The van der Waals surface area contributed by atoms with E-state index in [0.717, 1.165) is 17.0 Å². The SMILES string of the molecule is CC1CC(C(=O)O)CN(C(=O)Nc2ccc(F)cc2C(F)(F)F)C1. The van der Waals surface area contributed by atoms with Crippen molar-refractivity contribution in [2.75, 3.05) is 18.4 Å². The lowest BCUT2D eigenvalue weighted by atomic mass is 9.91. The van der Waals surface area contributed by atoms with Crippen LogP contribution < -0.4 is 5.32 Å². The van der Waals surface area contributed by atoms with Crippen LogP contribution in [0.15, 0.2) is 18.2 Å². The zero-order valence-electron chi connectivity index (χ0n) is 12.7. The largest absolute Gasteiger partial charge is 0.481 e. The number of likely N-dealkylation sites (tertiary alicyclic amines) is 1. The molecule has 24 heavy (non-hydrogen) atoms. The van der Waals surface area contributed by atoms with Gasteiger partial charge in [0.2, 0.25) is 0 Å². The van der Waals surface area contributed by atoms with E-state index < -0.39 is 41.2 Å². The molecule has 2 unspecified atom stereocenters. The van der Waals surface area contributed by atoms with Crippen molar-refractivity contribution >= 4 is 17.7 Å². The Balaban J connectivity index is 2.19. The van der Waals surface area contributed by atoms with E-state index in [4.69, 9.17) is 5.11 Å². The Kier molecular flexibility index (Phi) is 5.00. The van der Waals surface area contributed by atoms with Gasteiger partial charge in [-0.25, -0.2) is 9.18 Å². The number of carboxylic acids is 1. The Bertz CT molecular complexity index is 648. The number of hydrogen-bond acceptors (Lipinski definition) is 2. The quantitative estimate of drug-likeness (QED) is 0.805. The number of nitrogens with zero attached hydrogens (tertiary/aromatic N) is 1. The first-order valence-electron chi connectivity index (χ1n) is 7.23. The number of carboxylic acid groups (broad SMARTS) is 1. The van der Waals surface area contributed by atoms with Crippen molar-refractivity contribution in [1.29, 1.82) is 0 Å². The van der Waals surface area contributed by atoms with E-state index in [1.807, 2.05) is 0 Å². The van der Waals surface area contributed by atoms with Gasteiger partial charge in [0.25, 0.3) is 0 Å². The molecule has 2 rings (SSSR count). The highest BCUT2D eigenvalue weighted by Gasteiger charge is 2.36. The summed E-state index contributed by atoms with van der Waals surface area (Å²) in [7, 11) is 0. The second kappa shape index (κ2) is 6.66. The fourth-order valence-electron chi connectivity index (χ4n) is 2.75. The molecular formula is C15H16F4N2O3. The first-order chi connectivity index (χ1) is 11.1. The molecule has 1 heterocycles. The van der Waals surface area contributed by atoms with Gasteiger partial charge in [-0.3, -0.25) is 4.79 Å². The van der Waals surface area contributed by atoms with Crippen LogP contribution in [0.5, 0.6) is 0 Å². The van der Waals surface area contributed by atoms with Gasteiger partial charge in [0.1, 0.15) is 5.82 Å². The zero-order valence-corrected chi connectivity index (χ0v) is 12.7. The monoisotopic (exact) mass is 348 g/mol. The molecule has 1 aliphatic heterocycles. The second-order valence-electron chi connectivity index (χ2n) is 5.90. The summed E-state index contributed by atoms with van der Waals surface area (Å²) >= 11 is 0. The molecular weight excluding hydrogens is 332 g/mol. The molecule has 2 atom stereocenters. The van der Waals surface area contributed by atoms with Gasteiger partial charge in [0.05, 0.1) is 17.2 Å². The van der Waals surface area contributed by atoms with E-state index in [2.05, 4.69) is 5.32 Å². The van der Waals surface area contributed by atoms with Gasteiger partial charge in [-0.15, -0.1) is 0 Å². The number of alkyl halides is 3. The molecule has 0 saturated carbocycles. The maximum atomic E-state index is 13.1. The van der Waals surface area contributed by atoms with Gasteiger partial charge >= 0.3 is 18.2 Å². The zero-order chi connectivity index (χ0) is 18.1. The number of rotatable bonds is 2. The summed E-state index contributed by atoms with van der Waals surface area (Å²) in [5, 5.41) is 11.2. The normalized spacial score (nSPS) is 21.5. The summed E-state index contributed by atoms with van der Waals surface area (Å²) in [6, 6.07) is 1.10. The highest BCUT2D eigenvalue weighted by Crippen LogP contribution is 2.35. The number of aliphatic carboxylic acids is 1. The Hall–Kier alpha value is -2.32. The summed E-state index contributed by atoms with van der Waals surface area (Å²) in [4.78, 5) is 24.5. The summed E-state index contributed by atoms with van der Waals surface area (Å²) < 4.78 is 51.9. The average Bonchev–Trinajstić information content (AvgIpc) is 2.47. The van der Waals surface area contributed by atoms with Crippen molar-refractivity contribution in [3.63, 3.8) is 0 Å². The molecule has 0 bridgehead atoms. The van der Waals surface area contributed by atoms with E-state index in [1.54, 1.807) is 6.92 Å². The van der Waals surface area contributed by atoms with Crippen molar-refractivity contribution in [3.05, 3.63) is 29.6 Å². The van der Waals surface area contributed by atoms with Gasteiger partial charge in [-0.2, -0.15) is 13.2 Å². The minimum atomic E-state index is -4.83. The molecule has 132 valence electrons. The van der Waals surface area contributed by atoms with Gasteiger partial charge in [-0.05, 0) is 30.5 Å². The highest BCUT2D eigenvalue weighted by atomic mass is 19.4. The molecule has 2 N–H and O–H groups in total. The first kappa shape index (κ1) is 18.0. The second-order valence-corrected chi connectivity index (χ2v) is 5.90. The molecule has 9 heteroatoms. The van der Waals surface area contributed by atoms with E-state index in [0.29, 0.717) is 12.5 Å². The van der Waals surface area contributed by atoms with Crippen LogP contribution in [0.25, 0.3) is 0 Å². The number of nitrogens with one attached hydrogen (secondary N) is 1. The van der Waals surface area contributed by atoms with Crippen LogP contribution in [0.3, 0.4) is 0 Å². The number of halogens is 4. The molecule has 5 nitrogen and oxygen atoms in total. The molecule has 1 aliphatic rings. The predicted molar refractivity (Wildman–Crippen MR) is 76.9 cm³/mol. The van der Waals surface area contributed by atoms with Crippen molar-refractivity contribution in [2.45, 2.75) is 19.5 Å². The maximum Gasteiger partial charge on any atom is 0.418 e. The smallest absolute Gasteiger partial charge is 0.418 e. The number of hydrogen-bond donors (Lipinski definition) is 2. The lowest BCUT2D eigenvalue weighted by Crippen LogP contribution is -2.47. The van der Waals surface area contributed by atoms with Crippen molar-refractivity contribution in [2.24, 2.45) is 11.8 Å². The minimum Gasteiger partial charge on any atom is -0.481 e. The maximum absolute atomic E-state index is 13.1. The van der Waals surface area contributed by atoms with Gasteiger partial charge in [-0.1, -0.05) is 6.92 Å². The standard InChI is InChI=1S/C15H16F4N2O3/c1-8-4-9(13(22)23)7-21(6-8)14(24)20-12-3-2-10(16)5-11(12)15(17,18)19/h2-3,5,8-9H,4,6-7H2,1H3,(H,20,24)(H,22,23). The Morgan fingerprint density at radius 2 is 1.96 bits per heavy atom. The molecule has 0 aromatic heterocycles. The van der Waals surface area contributed by atoms with Crippen molar-refractivity contribution in [3.8, 4) is 0 Å². The van der Waals surface area contributed by atoms with Crippen LogP contribution in [0, 0.1) is 17.7 Å². The van der Waals surface area contributed by atoms with Crippen LogP contribution in [0.2, 0.25) is 0 Å². The third-order valence-corrected chi connectivity index (χ3v) is 3.82. The van der Waals surface area contributed by atoms with Crippen LogP contribution in [0.4, 0.5) is 28.0 Å². The topological polar surface area (TPSA) is 69.6 Å². The van der Waals surface area contributed by atoms with Gasteiger partial charge in [0.15, 0.2) is 0 Å². The summed E-state index contributed by atoms with van der Waals surface area (Å²) in [5.74, 6) is -2.99. The number of benzene rings is 1. The fraction of sp³-hybridized carbons (Fsp3) is 0.467. The number of urea groups is 1. The van der Waals surface area contributed by atoms with Crippen molar-refractivity contribution in [1.82, 2.24) is 4.90 Å². The first-order valence-corrected chi connectivity index (χ1v) is 7.23. The summed E-state index contributed by atoms with van der Waals surface area (Å²) in [6.07, 6.45) is -4.44. The Morgan fingerprint density at radius 1 is 1.29 bits per heavy atom.